The zero-order valence-electron chi connectivity index (χ0n) is 73.6. The van der Waals surface area contributed by atoms with Gasteiger partial charge < -0.3 is 113 Å². The van der Waals surface area contributed by atoms with Gasteiger partial charge in [-0.1, -0.05) is 79.7 Å². The van der Waals surface area contributed by atoms with Gasteiger partial charge in [-0.3, -0.25) is 24.1 Å². The maximum absolute atomic E-state index is 13.8. The van der Waals surface area contributed by atoms with E-state index in [1.54, 1.807) is 70.7 Å². The number of aromatic nitrogens is 3. The van der Waals surface area contributed by atoms with E-state index in [9.17, 15) is 34.5 Å². The largest absolute Gasteiger partial charge is 0.507 e. The fourth-order valence-electron chi connectivity index (χ4n) is 16.0. The summed E-state index contributed by atoms with van der Waals surface area (Å²) in [5.41, 5.74) is 9.89. The fourth-order valence-corrected chi connectivity index (χ4v) is 16.6. The van der Waals surface area contributed by atoms with Crippen molar-refractivity contribution in [2.45, 2.75) is 121 Å². The number of hydrogen-bond donors (Lipinski definition) is 7. The molecule has 0 bridgehead atoms. The minimum absolute atomic E-state index is 0. The molecule has 647 valence electrons. The molecule has 1 saturated heterocycles. The number of carbonyl (C=O) groups is 4. The van der Waals surface area contributed by atoms with E-state index in [2.05, 4.69) is 85.7 Å². The Morgan fingerprint density at radius 1 is 0.508 bits per heavy atom. The number of alkyl halides is 3. The Bertz CT molecular complexity index is 5510. The number of fused-ring (bicyclic) bond motifs is 12. The van der Waals surface area contributed by atoms with Gasteiger partial charge in [-0.05, 0) is 207 Å². The number of piperidine rings is 1. The number of hydrogen-bond acceptors (Lipinski definition) is 12. The van der Waals surface area contributed by atoms with Crippen molar-refractivity contribution in [3.63, 3.8) is 0 Å². The van der Waals surface area contributed by atoms with Crippen LogP contribution in [0.2, 0.25) is 0 Å². The first-order valence-electron chi connectivity index (χ1n) is 39.9. The number of aromatic hydroxyl groups is 3. The van der Waals surface area contributed by atoms with Gasteiger partial charge >= 0.3 is 0 Å². The van der Waals surface area contributed by atoms with E-state index in [1.807, 2.05) is 168 Å². The molecule has 0 unspecified atom stereocenters. The summed E-state index contributed by atoms with van der Waals surface area (Å²) >= 11 is 19.8. The van der Waals surface area contributed by atoms with Crippen molar-refractivity contribution in [2.75, 3.05) is 107 Å². The minimum Gasteiger partial charge on any atom is -0.507 e. The van der Waals surface area contributed by atoms with Crippen molar-refractivity contribution < 1.29 is 142 Å². The molecule has 16 rings (SSSR count). The Balaban J connectivity index is 0.000000308. The van der Waals surface area contributed by atoms with Crippen LogP contribution in [-0.4, -0.2) is 177 Å². The zero-order valence-corrected chi connectivity index (χ0v) is 84.4. The number of anilines is 4. The molecule has 0 spiro atoms. The number of likely N-dealkylation sites (N-methyl/N-ethyl adjacent to an activating group) is 2. The number of likely N-dealkylation sites (tertiary alicyclic amines) is 1. The van der Waals surface area contributed by atoms with Crippen molar-refractivity contribution in [3.05, 3.63) is 241 Å². The van der Waals surface area contributed by atoms with Gasteiger partial charge in [0.1, 0.15) is 52.4 Å². The average molecular weight is 1940 g/mol. The van der Waals surface area contributed by atoms with Crippen molar-refractivity contribution in [3.8, 4) is 28.7 Å². The summed E-state index contributed by atoms with van der Waals surface area (Å²) in [6.07, 6.45) is 3.38. The molecule has 7 heterocycles. The van der Waals surface area contributed by atoms with Crippen LogP contribution in [-0.2, 0) is 103 Å². The van der Waals surface area contributed by atoms with Crippen LogP contribution in [0, 0.1) is 49.0 Å². The summed E-state index contributed by atoms with van der Waals surface area (Å²) in [4.78, 5) is 74.7. The monoisotopic (exact) mass is 1940 g/mol. The molecule has 4 amide bonds. The predicted octanol–water partition coefficient (Wildman–Crippen LogP) is 21.8. The molecule has 122 heavy (non-hydrogen) atoms. The van der Waals surface area contributed by atoms with Crippen LogP contribution in [0.4, 0.5) is 22.7 Å². The van der Waals surface area contributed by atoms with Crippen LogP contribution in [0.1, 0.15) is 147 Å². The summed E-state index contributed by atoms with van der Waals surface area (Å²) in [7, 11) is 7.95. The molecule has 3 radical (unpaired) electrons. The third-order valence-corrected chi connectivity index (χ3v) is 23.7. The topological polar surface area (TPSA) is 226 Å². The summed E-state index contributed by atoms with van der Waals surface area (Å²) in [6.45, 7) is 33.5. The number of phenolic OH excluding ortho intramolecular Hbond substituents is 3. The van der Waals surface area contributed by atoms with Crippen LogP contribution in [0.25, 0.3) is 65.0 Å². The third kappa shape index (κ3) is 23.4. The second-order valence-electron chi connectivity index (χ2n) is 30.9. The second kappa shape index (κ2) is 47.2. The van der Waals surface area contributed by atoms with Gasteiger partial charge in [0.25, 0.3) is 17.7 Å². The number of aromatic amines is 3. The standard InChI is InChI=1S/C31H36ClN3O3.C30H32ClN3O3.C27H27ClN4O3.3C2H5.3CH3.3Y/c1-6-31(3,4)34(5)13-14-38-21-11-12-25-20(15-21)16-26(33-25)30(37)35-18-24(19(2)32)29-23-10-8-7-9-22(23)28(36)17-27(29)35;1-18(31)24-16-34(27-15-28(35)22-5-3-4-6-23(22)29(24)27)30(36)26-14-20-13-21(7-8-25(20)32-26)37-17-19-9-11-33(2)12-10-19;1-15(28)20-13-32(23-12-24(33)18-6-4-5-7-19(18)26(20)23)27(35)22-11-16-10-17(8-9-21(16)30-22)29-25(34)14-31(2)3;3*1-2;;;;;;/h7-12,15-17,19,24,33,36H,6,13-14,18H2,1-5H3;3-8,13-15,18-19,24,32,35H,9-12,16-17H2,1-2H3;4-12,15,20,30,33H,13-14H2,1-3H3,(H,29,34);3*1H2,2H3;3*1H3;;;/q;;;6*-1;;;/t19-,24+;18-,24+;15-,20+;;;;;;;;;/m111........./s1. The smallest absolute Gasteiger partial charge is 0.274 e. The van der Waals surface area contributed by atoms with Crippen LogP contribution in [0.15, 0.2) is 164 Å². The number of nitrogens with zero attached hydrogens (tertiary/aromatic N) is 6. The van der Waals surface area contributed by atoms with Crippen molar-refractivity contribution in [1.29, 1.82) is 0 Å². The van der Waals surface area contributed by atoms with Crippen molar-refractivity contribution in [1.82, 2.24) is 29.7 Å². The van der Waals surface area contributed by atoms with E-state index < -0.39 is 0 Å². The molecule has 9 aromatic carbocycles. The van der Waals surface area contributed by atoms with Gasteiger partial charge in [-0.15, -0.1) is 34.8 Å². The number of benzene rings is 9. The van der Waals surface area contributed by atoms with Crippen LogP contribution < -0.4 is 29.5 Å². The third-order valence-electron chi connectivity index (χ3n) is 22.8. The number of halogens is 3. The van der Waals surface area contributed by atoms with Crippen LogP contribution in [0.3, 0.4) is 0 Å². The van der Waals surface area contributed by atoms with Gasteiger partial charge in [0.15, 0.2) is 0 Å². The van der Waals surface area contributed by atoms with Crippen LogP contribution >= 0.6 is 34.8 Å². The number of H-pyrrole nitrogens is 3. The number of phenols is 3. The van der Waals surface area contributed by atoms with Gasteiger partial charge in [0.2, 0.25) is 5.91 Å². The molecular weight excluding hydrogens is 1820 g/mol. The van der Waals surface area contributed by atoms with E-state index >= 15 is 0 Å². The Morgan fingerprint density at radius 3 is 1.19 bits per heavy atom. The van der Waals surface area contributed by atoms with Gasteiger partial charge in [0, 0.05) is 236 Å². The molecule has 4 aliphatic heterocycles. The molecule has 0 saturated carbocycles. The van der Waals surface area contributed by atoms with Crippen molar-refractivity contribution in [2.24, 2.45) is 5.92 Å². The number of carbonyl (C=O) groups excluding carboxylic acids is 4. The normalized spacial score (nSPS) is 15.8. The van der Waals surface area contributed by atoms with E-state index in [-0.39, 0.29) is 207 Å². The quantitative estimate of drug-likeness (QED) is 0.0315. The Labute approximate surface area is 813 Å². The molecule has 0 aliphatic carbocycles. The maximum Gasteiger partial charge on any atom is 0.274 e. The first-order valence-corrected chi connectivity index (χ1v) is 41.2. The summed E-state index contributed by atoms with van der Waals surface area (Å²) in [5, 5.41) is 42.2. The number of rotatable bonds is 18. The number of amides is 4. The second-order valence-corrected chi connectivity index (χ2v) is 32.9. The molecule has 1 fully saturated rings. The predicted molar refractivity (Wildman–Crippen MR) is 499 cm³/mol. The fraction of sp³-hybridized carbons (Fsp3) is 0.340. The van der Waals surface area contributed by atoms with E-state index in [4.69, 9.17) is 44.3 Å². The molecule has 4 aliphatic rings. The SMILES string of the molecule is CCC(C)(C)N(C)CCOc1ccc2[nH]c(C(=O)N3C[C@@H]([C@@H](C)Cl)c4c3cc(O)c3ccccc43)cc2c1.C[C@@H](Cl)[C@@H]1CN(C(=O)c2cc3cc(NC(=O)CN(C)C)ccc3[nH]2)c2cc(O)c3ccccc3c21.C[C@@H](Cl)[C@@H]1CN(C(=O)c2cc3cc(OCC4CCN(C)CC4)ccc3[nH]2)c2cc(O)c3ccccc3c21.[CH2-]C.[CH2-]C.[CH2-]C.[CH3-].[CH3-].[CH3-].[Y].[Y].[Y]. The van der Waals surface area contributed by atoms with Gasteiger partial charge in [0.05, 0.1) is 30.2 Å². The van der Waals surface area contributed by atoms with Crippen molar-refractivity contribution >= 4 is 146 Å². The van der Waals surface area contributed by atoms with Gasteiger partial charge in [-0.25, -0.2) is 0 Å². The first kappa shape index (κ1) is 106. The van der Waals surface area contributed by atoms with E-state index in [0.29, 0.717) is 66.3 Å². The summed E-state index contributed by atoms with van der Waals surface area (Å²) in [5.74, 6) is 1.90. The summed E-state index contributed by atoms with van der Waals surface area (Å²) < 4.78 is 12.2. The Hall–Kier alpha value is -6.68. The average Bonchev–Trinajstić information content (AvgIpc) is 1.59. The number of ether oxygens (including phenoxy) is 2. The van der Waals surface area contributed by atoms with Crippen LogP contribution in [0.5, 0.6) is 28.7 Å². The molecule has 6 atom stereocenters. The first-order chi connectivity index (χ1) is 55.7. The molecule has 19 nitrogen and oxygen atoms in total. The summed E-state index contributed by atoms with van der Waals surface area (Å²) in [6, 6.07) is 51.0. The molecule has 7 N–H and O–H groups in total. The Kier molecular flexibility index (Phi) is 41.0. The zero-order chi connectivity index (χ0) is 83.7. The molecule has 25 heteroatoms. The molecule has 3 aromatic heterocycles. The maximum atomic E-state index is 13.8. The van der Waals surface area contributed by atoms with Gasteiger partial charge in [-0.2, -0.15) is 20.8 Å². The van der Waals surface area contributed by atoms with E-state index in [1.165, 1.54) is 0 Å². The minimum atomic E-state index is -0.199. The van der Waals surface area contributed by atoms with E-state index in [0.717, 1.165) is 144 Å². The Morgan fingerprint density at radius 2 is 0.844 bits per heavy atom. The molecular formula is C97H119Cl3N10O9Y3-6. The number of nitrogens with one attached hydrogen (secondary N) is 4. The molecule has 12 aromatic rings.